The van der Waals surface area contributed by atoms with Crippen molar-refractivity contribution in [1.82, 2.24) is 10.2 Å². The van der Waals surface area contributed by atoms with E-state index in [0.717, 1.165) is 50.1 Å². The second-order valence-corrected chi connectivity index (χ2v) is 8.40. The first kappa shape index (κ1) is 19.0. The Labute approximate surface area is 167 Å². The number of likely N-dealkylation sites (N-methyl/N-ethyl adjacent to an activating group) is 1. The predicted molar refractivity (Wildman–Crippen MR) is 111 cm³/mol. The van der Waals surface area contributed by atoms with Crippen LogP contribution in [-0.4, -0.2) is 36.0 Å². The molecule has 0 unspecified atom stereocenters. The van der Waals surface area contributed by atoms with E-state index in [1.165, 1.54) is 11.1 Å². The average molecular weight is 379 g/mol. The van der Waals surface area contributed by atoms with Crippen molar-refractivity contribution in [3.8, 4) is 5.75 Å². The van der Waals surface area contributed by atoms with Crippen LogP contribution in [0.5, 0.6) is 5.75 Å². The van der Waals surface area contributed by atoms with Gasteiger partial charge in [-0.1, -0.05) is 48.0 Å². The number of carbonyl (C=O) groups is 1. The predicted octanol–water partition coefficient (Wildman–Crippen LogP) is 3.86. The number of rotatable bonds is 3. The van der Waals surface area contributed by atoms with E-state index >= 15 is 0 Å². The Hall–Kier alpha value is -2.33. The van der Waals surface area contributed by atoms with Crippen molar-refractivity contribution in [2.75, 3.05) is 13.6 Å². The number of para-hydroxylation sites is 1. The third-order valence-corrected chi connectivity index (χ3v) is 6.31. The first-order valence-electron chi connectivity index (χ1n) is 10.3. The van der Waals surface area contributed by atoms with Crippen LogP contribution in [0.1, 0.15) is 42.4 Å². The lowest BCUT2D eigenvalue weighted by Gasteiger charge is -2.42. The number of nitrogens with zero attached hydrogens (tertiary/aromatic N) is 1. The molecule has 2 aromatic rings. The van der Waals surface area contributed by atoms with Crippen LogP contribution in [0, 0.1) is 6.92 Å². The monoisotopic (exact) mass is 378 g/mol. The molecule has 0 atom stereocenters. The Bertz CT molecular complexity index is 840. The summed E-state index contributed by atoms with van der Waals surface area (Å²) in [6.07, 6.45) is 4.40. The molecule has 4 nitrogen and oxygen atoms in total. The molecule has 4 rings (SSSR count). The standard InChI is InChI=1S/C24H30N2O2/c1-18-6-5-7-19(14-18)15-23(27)26(2)21-10-12-24(13-11-21)17-25-16-20-8-3-4-9-22(20)28-24/h3-9,14,21,25H,10-13,15-17H2,1-2H3. The lowest BCUT2D eigenvalue weighted by atomic mass is 9.81. The largest absolute Gasteiger partial charge is 0.486 e. The van der Waals surface area contributed by atoms with E-state index in [2.05, 4.69) is 42.6 Å². The van der Waals surface area contributed by atoms with Gasteiger partial charge in [-0.05, 0) is 44.2 Å². The van der Waals surface area contributed by atoms with Gasteiger partial charge in [-0.2, -0.15) is 0 Å². The third-order valence-electron chi connectivity index (χ3n) is 6.31. The normalized spacial score (nSPS) is 24.1. The van der Waals surface area contributed by atoms with Crippen LogP contribution in [-0.2, 0) is 17.8 Å². The van der Waals surface area contributed by atoms with Crippen molar-refractivity contribution in [2.45, 2.75) is 57.2 Å². The van der Waals surface area contributed by atoms with E-state index in [9.17, 15) is 4.79 Å². The van der Waals surface area contributed by atoms with Crippen molar-refractivity contribution in [1.29, 1.82) is 0 Å². The average Bonchev–Trinajstić information content (AvgIpc) is 2.87. The second-order valence-electron chi connectivity index (χ2n) is 8.40. The molecule has 1 amide bonds. The van der Waals surface area contributed by atoms with Crippen molar-refractivity contribution in [2.24, 2.45) is 0 Å². The highest BCUT2D eigenvalue weighted by Gasteiger charge is 2.40. The Kier molecular flexibility index (Phi) is 5.40. The minimum Gasteiger partial charge on any atom is -0.486 e. The zero-order valence-corrected chi connectivity index (χ0v) is 16.9. The fourth-order valence-corrected chi connectivity index (χ4v) is 4.56. The van der Waals surface area contributed by atoms with E-state index in [1.807, 2.05) is 30.1 Å². The lowest BCUT2D eigenvalue weighted by Crippen LogP contribution is -2.51. The maximum absolute atomic E-state index is 12.8. The van der Waals surface area contributed by atoms with E-state index in [1.54, 1.807) is 0 Å². The summed E-state index contributed by atoms with van der Waals surface area (Å²) in [5, 5.41) is 3.56. The van der Waals surface area contributed by atoms with E-state index in [-0.39, 0.29) is 11.5 Å². The van der Waals surface area contributed by atoms with E-state index < -0.39 is 0 Å². The van der Waals surface area contributed by atoms with Crippen molar-refractivity contribution >= 4 is 5.91 Å². The number of hydrogen-bond acceptors (Lipinski definition) is 3. The molecule has 1 heterocycles. The molecule has 0 bridgehead atoms. The first-order valence-corrected chi connectivity index (χ1v) is 10.3. The highest BCUT2D eigenvalue weighted by Crippen LogP contribution is 2.37. The first-order chi connectivity index (χ1) is 13.5. The topological polar surface area (TPSA) is 41.6 Å². The molecule has 0 radical (unpaired) electrons. The maximum Gasteiger partial charge on any atom is 0.226 e. The number of hydrogen-bond donors (Lipinski definition) is 1. The van der Waals surface area contributed by atoms with Gasteiger partial charge in [0.05, 0.1) is 6.42 Å². The van der Waals surface area contributed by atoms with E-state index in [4.69, 9.17) is 4.74 Å². The summed E-state index contributed by atoms with van der Waals surface area (Å²) in [5.41, 5.74) is 3.37. The molecule has 1 N–H and O–H groups in total. The van der Waals surface area contributed by atoms with Crippen LogP contribution in [0.4, 0.5) is 0 Å². The summed E-state index contributed by atoms with van der Waals surface area (Å²) in [7, 11) is 1.96. The summed E-state index contributed by atoms with van der Waals surface area (Å²) in [4.78, 5) is 14.8. The Balaban J connectivity index is 1.37. The molecule has 0 saturated heterocycles. The zero-order valence-electron chi connectivity index (χ0n) is 16.9. The quantitative estimate of drug-likeness (QED) is 0.882. The van der Waals surface area contributed by atoms with Crippen molar-refractivity contribution in [3.63, 3.8) is 0 Å². The van der Waals surface area contributed by atoms with Crippen molar-refractivity contribution < 1.29 is 9.53 Å². The van der Waals surface area contributed by atoms with Crippen molar-refractivity contribution in [3.05, 3.63) is 65.2 Å². The molecule has 1 aliphatic heterocycles. The molecule has 0 aromatic heterocycles. The van der Waals surface area contributed by atoms with Crippen LogP contribution in [0.15, 0.2) is 48.5 Å². The SMILES string of the molecule is Cc1cccc(CC(=O)N(C)C2CCC3(CC2)CNCc2ccccc2O3)c1. The van der Waals surface area contributed by atoms with Crippen LogP contribution >= 0.6 is 0 Å². The highest BCUT2D eigenvalue weighted by atomic mass is 16.5. The molecule has 1 saturated carbocycles. The number of ether oxygens (including phenoxy) is 1. The van der Waals surface area contributed by atoms with Crippen LogP contribution in [0.3, 0.4) is 0 Å². The maximum atomic E-state index is 12.8. The fraction of sp³-hybridized carbons (Fsp3) is 0.458. The molecule has 148 valence electrons. The summed E-state index contributed by atoms with van der Waals surface area (Å²) in [6.45, 7) is 3.79. The molecule has 2 aliphatic rings. The van der Waals surface area contributed by atoms with Gasteiger partial charge in [-0.15, -0.1) is 0 Å². The number of fused-ring (bicyclic) bond motifs is 1. The zero-order chi connectivity index (χ0) is 19.6. The Morgan fingerprint density at radius 3 is 2.75 bits per heavy atom. The second kappa shape index (κ2) is 7.96. The number of benzene rings is 2. The molecular formula is C24H30N2O2. The fourth-order valence-electron chi connectivity index (χ4n) is 4.56. The summed E-state index contributed by atoms with van der Waals surface area (Å²) >= 11 is 0. The van der Waals surface area contributed by atoms with E-state index in [0.29, 0.717) is 12.5 Å². The minimum absolute atomic E-state index is 0.149. The van der Waals surface area contributed by atoms with Gasteiger partial charge >= 0.3 is 0 Å². The van der Waals surface area contributed by atoms with Crippen LogP contribution in [0.2, 0.25) is 0 Å². The lowest BCUT2D eigenvalue weighted by molar-refractivity contribution is -0.132. The van der Waals surface area contributed by atoms with Gasteiger partial charge in [0.1, 0.15) is 11.4 Å². The van der Waals surface area contributed by atoms with Gasteiger partial charge in [-0.3, -0.25) is 4.79 Å². The Morgan fingerprint density at radius 2 is 1.96 bits per heavy atom. The van der Waals surface area contributed by atoms with Gasteiger partial charge in [0.25, 0.3) is 0 Å². The molecule has 1 aliphatic carbocycles. The summed E-state index contributed by atoms with van der Waals surface area (Å²) in [5.74, 6) is 1.21. The molecule has 1 spiro atoms. The Morgan fingerprint density at radius 1 is 1.18 bits per heavy atom. The minimum atomic E-state index is -0.149. The van der Waals surface area contributed by atoms with Crippen LogP contribution in [0.25, 0.3) is 0 Å². The highest BCUT2D eigenvalue weighted by molar-refractivity contribution is 5.78. The van der Waals surface area contributed by atoms with Gasteiger partial charge in [0.2, 0.25) is 5.91 Å². The molecule has 28 heavy (non-hydrogen) atoms. The van der Waals surface area contributed by atoms with Crippen LogP contribution < -0.4 is 10.1 Å². The van der Waals surface area contributed by atoms with Gasteiger partial charge in [0.15, 0.2) is 0 Å². The number of aryl methyl sites for hydroxylation is 1. The smallest absolute Gasteiger partial charge is 0.226 e. The summed E-state index contributed by atoms with van der Waals surface area (Å²) < 4.78 is 6.52. The molecule has 2 aromatic carbocycles. The van der Waals surface area contributed by atoms with Gasteiger partial charge < -0.3 is 15.0 Å². The van der Waals surface area contributed by atoms with Gasteiger partial charge in [-0.25, -0.2) is 0 Å². The summed E-state index contributed by atoms with van der Waals surface area (Å²) in [6, 6.07) is 16.8. The van der Waals surface area contributed by atoms with Gasteiger partial charge in [0, 0.05) is 31.7 Å². The molecule has 1 fully saturated rings. The molecule has 4 heteroatoms. The molecular weight excluding hydrogens is 348 g/mol. The third kappa shape index (κ3) is 4.07. The number of amides is 1. The number of carbonyl (C=O) groups excluding carboxylic acids is 1. The number of nitrogens with one attached hydrogen (secondary N) is 1.